The van der Waals surface area contributed by atoms with Gasteiger partial charge in [-0.15, -0.1) is 0 Å². The highest BCUT2D eigenvalue weighted by Gasteiger charge is 2.19. The van der Waals surface area contributed by atoms with Crippen LogP contribution in [-0.2, 0) is 0 Å². The van der Waals surface area contributed by atoms with E-state index in [0.29, 0.717) is 23.5 Å². The summed E-state index contributed by atoms with van der Waals surface area (Å²) in [6.45, 7) is 5.60. The molecule has 0 aliphatic carbocycles. The number of halogens is 1. The summed E-state index contributed by atoms with van der Waals surface area (Å²) in [5.41, 5.74) is 3.11. The number of aromatic nitrogens is 2. The summed E-state index contributed by atoms with van der Waals surface area (Å²) >= 11 is 0. The van der Waals surface area contributed by atoms with Gasteiger partial charge in [-0.2, -0.15) is 5.10 Å². The molecule has 3 aromatic rings. The second-order valence-electron chi connectivity index (χ2n) is 7.80. The number of carbonyl (C=O) groups excluding carboxylic acids is 1. The Morgan fingerprint density at radius 3 is 2.53 bits per heavy atom. The minimum Gasteiger partial charge on any atom is -0.349 e. The zero-order valence-electron chi connectivity index (χ0n) is 17.3. The van der Waals surface area contributed by atoms with Crippen LogP contribution in [0.3, 0.4) is 0 Å². The zero-order valence-corrected chi connectivity index (χ0v) is 17.3. The van der Waals surface area contributed by atoms with Crippen molar-refractivity contribution < 1.29 is 9.18 Å². The first-order valence-corrected chi connectivity index (χ1v) is 10.5. The van der Waals surface area contributed by atoms with Crippen LogP contribution in [0, 0.1) is 12.7 Å². The molecule has 6 heteroatoms. The quantitative estimate of drug-likeness (QED) is 0.667. The Hall–Kier alpha value is -2.99. The third kappa shape index (κ3) is 4.60. The number of benzene rings is 2. The Morgan fingerprint density at radius 1 is 1.07 bits per heavy atom. The lowest BCUT2D eigenvalue weighted by atomic mass is 10.1. The van der Waals surface area contributed by atoms with Gasteiger partial charge in [0.2, 0.25) is 0 Å². The largest absolute Gasteiger partial charge is 0.349 e. The van der Waals surface area contributed by atoms with Crippen molar-refractivity contribution >= 4 is 5.91 Å². The molecule has 0 spiro atoms. The molecule has 0 bridgehead atoms. The Bertz CT molecular complexity index is 1010. The highest BCUT2D eigenvalue weighted by atomic mass is 19.1. The van der Waals surface area contributed by atoms with E-state index in [2.05, 4.69) is 15.3 Å². The van der Waals surface area contributed by atoms with Crippen molar-refractivity contribution in [2.24, 2.45) is 0 Å². The number of nitrogens with one attached hydrogen (secondary N) is 1. The molecule has 0 saturated carbocycles. The number of rotatable bonds is 6. The molecular formula is C24H27FN4O. The van der Waals surface area contributed by atoms with Gasteiger partial charge in [-0.3, -0.25) is 4.79 Å². The van der Waals surface area contributed by atoms with Gasteiger partial charge < -0.3 is 10.2 Å². The summed E-state index contributed by atoms with van der Waals surface area (Å²) < 4.78 is 15.9. The zero-order chi connectivity index (χ0) is 20.9. The third-order valence-corrected chi connectivity index (χ3v) is 5.53. The normalized spacial score (nSPS) is 14.6. The maximum absolute atomic E-state index is 14.3. The van der Waals surface area contributed by atoms with E-state index < -0.39 is 0 Å². The molecule has 4 rings (SSSR count). The maximum Gasteiger partial charge on any atom is 0.270 e. The van der Waals surface area contributed by atoms with Gasteiger partial charge in [-0.25, -0.2) is 9.07 Å². The van der Waals surface area contributed by atoms with Crippen molar-refractivity contribution in [3.63, 3.8) is 0 Å². The van der Waals surface area contributed by atoms with Gasteiger partial charge in [0.1, 0.15) is 11.5 Å². The van der Waals surface area contributed by atoms with Crippen LogP contribution in [0.1, 0.15) is 35.3 Å². The fourth-order valence-electron chi connectivity index (χ4n) is 3.83. The van der Waals surface area contributed by atoms with Crippen molar-refractivity contribution in [2.45, 2.75) is 26.2 Å². The van der Waals surface area contributed by atoms with Crippen molar-refractivity contribution in [3.05, 3.63) is 71.7 Å². The molecule has 1 aromatic heterocycles. The molecule has 1 aliphatic rings. The third-order valence-electron chi connectivity index (χ3n) is 5.53. The van der Waals surface area contributed by atoms with Crippen molar-refractivity contribution in [1.82, 2.24) is 20.0 Å². The van der Waals surface area contributed by atoms with E-state index in [4.69, 9.17) is 0 Å². The second kappa shape index (κ2) is 9.22. The molecule has 1 aliphatic heterocycles. The van der Waals surface area contributed by atoms with E-state index in [9.17, 15) is 9.18 Å². The summed E-state index contributed by atoms with van der Waals surface area (Å²) in [4.78, 5) is 15.4. The summed E-state index contributed by atoms with van der Waals surface area (Å²) in [7, 11) is 0. The van der Waals surface area contributed by atoms with Crippen LogP contribution in [0.2, 0.25) is 0 Å². The SMILES string of the molecule is Cc1ccc(-n2nc(-c3ccccc3F)cc2C(=O)NCCN2CCCCC2)cc1. The number of carbonyl (C=O) groups is 1. The first-order chi connectivity index (χ1) is 14.6. The molecule has 1 fully saturated rings. The van der Waals surface area contributed by atoms with Gasteiger partial charge >= 0.3 is 0 Å². The van der Waals surface area contributed by atoms with E-state index in [-0.39, 0.29) is 11.7 Å². The van der Waals surface area contributed by atoms with Gasteiger partial charge in [-0.1, -0.05) is 36.2 Å². The number of piperidine rings is 1. The average molecular weight is 407 g/mol. The molecule has 2 aromatic carbocycles. The minimum absolute atomic E-state index is 0.206. The Morgan fingerprint density at radius 2 is 1.80 bits per heavy atom. The van der Waals surface area contributed by atoms with Crippen molar-refractivity contribution in [2.75, 3.05) is 26.2 Å². The predicted octanol–water partition coefficient (Wildman–Crippen LogP) is 4.20. The Balaban J connectivity index is 1.58. The topological polar surface area (TPSA) is 50.2 Å². The molecule has 1 N–H and O–H groups in total. The number of hydrogen-bond acceptors (Lipinski definition) is 3. The fourth-order valence-corrected chi connectivity index (χ4v) is 3.83. The fraction of sp³-hybridized carbons (Fsp3) is 0.333. The number of amides is 1. The van der Waals surface area contributed by atoms with Crippen LogP contribution in [0.5, 0.6) is 0 Å². The molecule has 0 atom stereocenters. The van der Waals surface area contributed by atoms with Crippen molar-refractivity contribution in [3.8, 4) is 16.9 Å². The lowest BCUT2D eigenvalue weighted by molar-refractivity contribution is 0.0939. The smallest absolute Gasteiger partial charge is 0.270 e. The minimum atomic E-state index is -0.358. The van der Waals surface area contributed by atoms with Gasteiger partial charge in [0.15, 0.2) is 0 Å². The standard InChI is InChI=1S/C24H27FN4O/c1-18-9-11-19(12-10-18)29-23(17-22(27-29)20-7-3-4-8-21(20)25)24(30)26-13-16-28-14-5-2-6-15-28/h3-4,7-12,17H,2,5-6,13-16H2,1H3,(H,26,30). The van der Waals surface area contributed by atoms with Crippen LogP contribution < -0.4 is 5.32 Å². The summed E-state index contributed by atoms with van der Waals surface area (Å²) in [5.74, 6) is -0.564. The highest BCUT2D eigenvalue weighted by molar-refractivity contribution is 5.94. The molecule has 0 radical (unpaired) electrons. The average Bonchev–Trinajstić information content (AvgIpc) is 3.20. The van der Waals surface area contributed by atoms with Crippen LogP contribution >= 0.6 is 0 Å². The Labute approximate surface area is 176 Å². The lowest BCUT2D eigenvalue weighted by Crippen LogP contribution is -2.38. The van der Waals surface area contributed by atoms with Crippen LogP contribution in [0.25, 0.3) is 16.9 Å². The lowest BCUT2D eigenvalue weighted by Gasteiger charge is -2.26. The Kier molecular flexibility index (Phi) is 6.23. The van der Waals surface area contributed by atoms with E-state index in [1.54, 1.807) is 28.9 Å². The summed E-state index contributed by atoms with van der Waals surface area (Å²) in [5, 5.41) is 7.58. The van der Waals surface area contributed by atoms with Gasteiger partial charge in [0, 0.05) is 18.7 Å². The predicted molar refractivity (Wildman–Crippen MR) is 116 cm³/mol. The van der Waals surface area contributed by atoms with E-state index >= 15 is 0 Å². The monoisotopic (exact) mass is 406 g/mol. The number of aryl methyl sites for hydroxylation is 1. The number of hydrogen-bond donors (Lipinski definition) is 1. The number of likely N-dealkylation sites (tertiary alicyclic amines) is 1. The molecule has 1 saturated heterocycles. The van der Waals surface area contributed by atoms with Crippen LogP contribution in [0.15, 0.2) is 54.6 Å². The van der Waals surface area contributed by atoms with Gasteiger partial charge in [0.25, 0.3) is 5.91 Å². The van der Waals surface area contributed by atoms with Crippen LogP contribution in [-0.4, -0.2) is 46.8 Å². The molecule has 156 valence electrons. The second-order valence-corrected chi connectivity index (χ2v) is 7.80. The van der Waals surface area contributed by atoms with Gasteiger partial charge in [0.05, 0.1) is 11.4 Å². The summed E-state index contributed by atoms with van der Waals surface area (Å²) in [6, 6.07) is 15.9. The molecule has 1 amide bonds. The maximum atomic E-state index is 14.3. The highest BCUT2D eigenvalue weighted by Crippen LogP contribution is 2.24. The van der Waals surface area contributed by atoms with Crippen LogP contribution in [0.4, 0.5) is 4.39 Å². The molecule has 5 nitrogen and oxygen atoms in total. The van der Waals surface area contributed by atoms with Crippen molar-refractivity contribution in [1.29, 1.82) is 0 Å². The van der Waals surface area contributed by atoms with Gasteiger partial charge in [-0.05, 0) is 63.2 Å². The molecule has 2 heterocycles. The van der Waals surface area contributed by atoms with E-state index in [1.807, 2.05) is 31.2 Å². The molecule has 30 heavy (non-hydrogen) atoms. The first-order valence-electron chi connectivity index (χ1n) is 10.5. The molecular weight excluding hydrogens is 379 g/mol. The summed E-state index contributed by atoms with van der Waals surface area (Å²) in [6.07, 6.45) is 3.73. The number of nitrogens with zero attached hydrogens (tertiary/aromatic N) is 3. The first kappa shape index (κ1) is 20.3. The molecule has 0 unspecified atom stereocenters. The van der Waals surface area contributed by atoms with E-state index in [0.717, 1.165) is 30.9 Å². The van der Waals surface area contributed by atoms with E-state index in [1.165, 1.54) is 25.3 Å².